The zero-order chi connectivity index (χ0) is 14.6. The van der Waals surface area contributed by atoms with Crippen LogP contribution in [0.3, 0.4) is 0 Å². The van der Waals surface area contributed by atoms with Crippen molar-refractivity contribution in [2.24, 2.45) is 0 Å². The van der Waals surface area contributed by atoms with Crippen LogP contribution in [-0.2, 0) is 11.8 Å². The lowest BCUT2D eigenvalue weighted by atomic mass is 10.1. The monoisotopic (exact) mass is 296 g/mol. The molecule has 0 bridgehead atoms. The first-order chi connectivity index (χ1) is 9.53. The van der Waals surface area contributed by atoms with Gasteiger partial charge < -0.3 is 4.74 Å². The number of hydrogen-bond acceptors (Lipinski definition) is 1. The number of alkyl halides is 3. The van der Waals surface area contributed by atoms with Crippen molar-refractivity contribution in [1.29, 1.82) is 0 Å². The standard InChI is InChI=1S/C16H15ClF2O/c1-12-7-8-15(13(9-12)10-17)20-11-16(18,19)14-5-3-2-4-6-14/h2-9H,10-11H2,1H3. The number of rotatable bonds is 5. The van der Waals surface area contributed by atoms with Gasteiger partial charge in [-0.3, -0.25) is 0 Å². The van der Waals surface area contributed by atoms with Crippen LogP contribution in [0.2, 0.25) is 0 Å². The van der Waals surface area contributed by atoms with E-state index in [0.717, 1.165) is 11.1 Å². The highest BCUT2D eigenvalue weighted by atomic mass is 35.5. The van der Waals surface area contributed by atoms with E-state index < -0.39 is 12.5 Å². The molecule has 0 aliphatic carbocycles. The first kappa shape index (κ1) is 14.8. The van der Waals surface area contributed by atoms with E-state index in [4.69, 9.17) is 16.3 Å². The van der Waals surface area contributed by atoms with Crippen LogP contribution in [0.4, 0.5) is 8.78 Å². The van der Waals surface area contributed by atoms with Crippen molar-refractivity contribution >= 4 is 11.6 Å². The van der Waals surface area contributed by atoms with Gasteiger partial charge in [0.15, 0.2) is 6.61 Å². The Morgan fingerprint density at radius 2 is 1.80 bits per heavy atom. The lowest BCUT2D eigenvalue weighted by Crippen LogP contribution is -2.23. The molecular formula is C16H15ClF2O. The molecular weight excluding hydrogens is 282 g/mol. The molecule has 20 heavy (non-hydrogen) atoms. The highest BCUT2D eigenvalue weighted by Crippen LogP contribution is 2.30. The molecule has 0 amide bonds. The molecule has 0 aliphatic rings. The number of benzene rings is 2. The second-order valence-corrected chi connectivity index (χ2v) is 4.87. The Morgan fingerprint density at radius 1 is 1.10 bits per heavy atom. The van der Waals surface area contributed by atoms with Gasteiger partial charge in [-0.15, -0.1) is 11.6 Å². The molecule has 4 heteroatoms. The maximum Gasteiger partial charge on any atom is 0.306 e. The van der Waals surface area contributed by atoms with Crippen molar-refractivity contribution in [2.45, 2.75) is 18.7 Å². The van der Waals surface area contributed by atoms with Crippen molar-refractivity contribution < 1.29 is 13.5 Å². The average Bonchev–Trinajstić information content (AvgIpc) is 2.46. The largest absolute Gasteiger partial charge is 0.487 e. The molecule has 1 nitrogen and oxygen atoms in total. The fourth-order valence-corrected chi connectivity index (χ4v) is 2.10. The van der Waals surface area contributed by atoms with Crippen molar-refractivity contribution in [3.63, 3.8) is 0 Å². The van der Waals surface area contributed by atoms with Gasteiger partial charge in [0, 0.05) is 11.1 Å². The second kappa shape index (κ2) is 6.23. The summed E-state index contributed by atoms with van der Waals surface area (Å²) in [6, 6.07) is 13.0. The summed E-state index contributed by atoms with van der Waals surface area (Å²) in [5.74, 6) is -2.40. The summed E-state index contributed by atoms with van der Waals surface area (Å²) in [5.41, 5.74) is 1.68. The predicted molar refractivity (Wildman–Crippen MR) is 76.6 cm³/mol. The summed E-state index contributed by atoms with van der Waals surface area (Å²) in [6.07, 6.45) is 0. The molecule has 2 rings (SSSR count). The molecule has 0 saturated carbocycles. The molecule has 0 unspecified atom stereocenters. The van der Waals surface area contributed by atoms with Crippen molar-refractivity contribution in [3.05, 3.63) is 65.2 Å². The number of ether oxygens (including phenoxy) is 1. The Labute approximate surface area is 122 Å². The van der Waals surface area contributed by atoms with Crippen LogP contribution in [0, 0.1) is 6.92 Å². The van der Waals surface area contributed by atoms with E-state index in [1.807, 2.05) is 19.1 Å². The number of halogens is 3. The van der Waals surface area contributed by atoms with E-state index in [2.05, 4.69) is 0 Å². The Bertz CT molecular complexity index is 570. The van der Waals surface area contributed by atoms with Gasteiger partial charge in [-0.1, -0.05) is 48.0 Å². The van der Waals surface area contributed by atoms with Gasteiger partial charge in [-0.05, 0) is 13.0 Å². The smallest absolute Gasteiger partial charge is 0.306 e. The lowest BCUT2D eigenvalue weighted by molar-refractivity contribution is -0.0468. The highest BCUT2D eigenvalue weighted by molar-refractivity contribution is 6.17. The van der Waals surface area contributed by atoms with Crippen molar-refractivity contribution in [2.75, 3.05) is 6.61 Å². The predicted octanol–water partition coefficient (Wildman–Crippen LogP) is 4.90. The van der Waals surface area contributed by atoms with Crippen LogP contribution >= 0.6 is 11.6 Å². The van der Waals surface area contributed by atoms with Crippen molar-refractivity contribution in [3.8, 4) is 5.75 Å². The zero-order valence-corrected chi connectivity index (χ0v) is 11.8. The fourth-order valence-electron chi connectivity index (χ4n) is 1.89. The van der Waals surface area contributed by atoms with Gasteiger partial charge in [0.25, 0.3) is 0 Å². The summed E-state index contributed by atoms with van der Waals surface area (Å²) in [4.78, 5) is 0. The molecule has 0 spiro atoms. The van der Waals surface area contributed by atoms with E-state index in [9.17, 15) is 8.78 Å². The van der Waals surface area contributed by atoms with Crippen LogP contribution < -0.4 is 4.74 Å². The maximum absolute atomic E-state index is 14.0. The molecule has 0 atom stereocenters. The molecule has 2 aromatic rings. The minimum atomic E-state index is -3.03. The highest BCUT2D eigenvalue weighted by Gasteiger charge is 2.32. The molecule has 0 heterocycles. The van der Waals surface area contributed by atoms with Gasteiger partial charge in [0.2, 0.25) is 0 Å². The quantitative estimate of drug-likeness (QED) is 0.713. The first-order valence-corrected chi connectivity index (χ1v) is 6.78. The van der Waals surface area contributed by atoms with Crippen LogP contribution in [-0.4, -0.2) is 6.61 Å². The van der Waals surface area contributed by atoms with E-state index in [1.54, 1.807) is 24.3 Å². The van der Waals surface area contributed by atoms with E-state index in [0.29, 0.717) is 5.75 Å². The molecule has 0 aliphatic heterocycles. The zero-order valence-electron chi connectivity index (χ0n) is 11.1. The lowest BCUT2D eigenvalue weighted by Gasteiger charge is -2.18. The van der Waals surface area contributed by atoms with Gasteiger partial charge in [-0.25, -0.2) is 0 Å². The molecule has 106 valence electrons. The van der Waals surface area contributed by atoms with E-state index >= 15 is 0 Å². The van der Waals surface area contributed by atoms with E-state index in [-0.39, 0.29) is 11.4 Å². The Balaban J connectivity index is 2.12. The molecule has 0 aromatic heterocycles. The Morgan fingerprint density at radius 3 is 2.45 bits per heavy atom. The average molecular weight is 297 g/mol. The maximum atomic E-state index is 14.0. The number of hydrogen-bond donors (Lipinski definition) is 0. The topological polar surface area (TPSA) is 9.23 Å². The summed E-state index contributed by atoms with van der Waals surface area (Å²) in [7, 11) is 0. The summed E-state index contributed by atoms with van der Waals surface area (Å²) < 4.78 is 33.3. The van der Waals surface area contributed by atoms with Crippen LogP contribution in [0.1, 0.15) is 16.7 Å². The minimum absolute atomic E-state index is 0.0560. The first-order valence-electron chi connectivity index (χ1n) is 6.24. The third kappa shape index (κ3) is 3.48. The third-order valence-electron chi connectivity index (χ3n) is 2.97. The fraction of sp³-hybridized carbons (Fsp3) is 0.250. The molecule has 0 radical (unpaired) electrons. The SMILES string of the molecule is Cc1ccc(OCC(F)(F)c2ccccc2)c(CCl)c1. The minimum Gasteiger partial charge on any atom is -0.487 e. The molecule has 2 aromatic carbocycles. The summed E-state index contributed by atoms with van der Waals surface area (Å²) in [6.45, 7) is 1.21. The second-order valence-electron chi connectivity index (χ2n) is 4.60. The third-order valence-corrected chi connectivity index (χ3v) is 3.25. The normalized spacial score (nSPS) is 11.4. The van der Waals surface area contributed by atoms with Gasteiger partial charge in [0.05, 0.1) is 5.88 Å². The van der Waals surface area contributed by atoms with E-state index in [1.165, 1.54) is 12.1 Å². The van der Waals surface area contributed by atoms with Gasteiger partial charge >= 0.3 is 5.92 Å². The van der Waals surface area contributed by atoms with Gasteiger partial charge in [0.1, 0.15) is 5.75 Å². The van der Waals surface area contributed by atoms with Crippen molar-refractivity contribution in [1.82, 2.24) is 0 Å². The van der Waals surface area contributed by atoms with Crippen LogP contribution in [0.15, 0.2) is 48.5 Å². The van der Waals surface area contributed by atoms with Gasteiger partial charge in [-0.2, -0.15) is 8.78 Å². The Kier molecular flexibility index (Phi) is 4.61. The molecule has 0 N–H and O–H groups in total. The summed E-state index contributed by atoms with van der Waals surface area (Å²) in [5, 5.41) is 0. The Hall–Kier alpha value is -1.61. The molecule has 0 fully saturated rings. The van der Waals surface area contributed by atoms with Crippen LogP contribution in [0.5, 0.6) is 5.75 Å². The summed E-state index contributed by atoms with van der Waals surface area (Å²) >= 11 is 5.80. The van der Waals surface area contributed by atoms with Crippen LogP contribution in [0.25, 0.3) is 0 Å². The number of aryl methyl sites for hydroxylation is 1. The molecule has 0 saturated heterocycles.